The van der Waals surface area contributed by atoms with Crippen molar-refractivity contribution in [3.05, 3.63) is 0 Å². The summed E-state index contributed by atoms with van der Waals surface area (Å²) in [6, 6.07) is 0. The normalized spacial score (nSPS) is 24.0. The molecule has 0 radical (unpaired) electrons. The van der Waals surface area contributed by atoms with Gasteiger partial charge in [0.05, 0.1) is 18.6 Å². The topological polar surface area (TPSA) is 87.2 Å². The van der Waals surface area contributed by atoms with Crippen LogP contribution in [0.1, 0.15) is 19.8 Å². The zero-order chi connectivity index (χ0) is 16.6. The summed E-state index contributed by atoms with van der Waals surface area (Å²) in [5, 5.41) is 0. The molecule has 3 rings (SSSR count). The third-order valence-electron chi connectivity index (χ3n) is 4.73. The van der Waals surface area contributed by atoms with Gasteiger partial charge in [0, 0.05) is 39.0 Å². The molecular formula is C15H21N3O5. The predicted octanol–water partition coefficient (Wildman–Crippen LogP) is -1.16. The van der Waals surface area contributed by atoms with E-state index in [9.17, 15) is 19.2 Å². The molecule has 0 N–H and O–H groups in total. The SMILES string of the molecule is CC1(C(=O)N2CCN(C(=O)CN3C(=O)CCC3=O)CC2)COC1. The summed E-state index contributed by atoms with van der Waals surface area (Å²) in [5.74, 6) is -0.732. The lowest BCUT2D eigenvalue weighted by atomic mass is 9.86. The van der Waals surface area contributed by atoms with Crippen molar-refractivity contribution >= 4 is 23.6 Å². The van der Waals surface area contributed by atoms with E-state index in [-0.39, 0.29) is 43.0 Å². The maximum absolute atomic E-state index is 12.4. The molecule has 0 aromatic heterocycles. The summed E-state index contributed by atoms with van der Waals surface area (Å²) < 4.78 is 5.12. The molecule has 8 nitrogen and oxygen atoms in total. The fourth-order valence-electron chi connectivity index (χ4n) is 3.11. The lowest BCUT2D eigenvalue weighted by Crippen LogP contribution is -2.59. The van der Waals surface area contributed by atoms with Gasteiger partial charge in [0.15, 0.2) is 0 Å². The highest BCUT2D eigenvalue weighted by Gasteiger charge is 2.44. The number of carbonyl (C=O) groups is 4. The fourth-order valence-corrected chi connectivity index (χ4v) is 3.11. The number of piperazine rings is 1. The molecule has 3 aliphatic rings. The maximum atomic E-state index is 12.4. The van der Waals surface area contributed by atoms with Crippen LogP contribution in [0, 0.1) is 5.41 Å². The molecule has 0 bridgehead atoms. The van der Waals surface area contributed by atoms with Crippen molar-refractivity contribution in [3.8, 4) is 0 Å². The minimum Gasteiger partial charge on any atom is -0.379 e. The Hall–Kier alpha value is -1.96. The van der Waals surface area contributed by atoms with Gasteiger partial charge in [-0.25, -0.2) is 0 Å². The number of imide groups is 1. The second kappa shape index (κ2) is 5.92. The van der Waals surface area contributed by atoms with Gasteiger partial charge in [0.1, 0.15) is 6.54 Å². The van der Waals surface area contributed by atoms with Gasteiger partial charge in [-0.1, -0.05) is 0 Å². The van der Waals surface area contributed by atoms with Crippen molar-refractivity contribution < 1.29 is 23.9 Å². The van der Waals surface area contributed by atoms with Crippen LogP contribution in [0.25, 0.3) is 0 Å². The second-order valence-corrected chi connectivity index (χ2v) is 6.60. The summed E-state index contributed by atoms with van der Waals surface area (Å²) in [7, 11) is 0. The number of rotatable bonds is 3. The first-order valence-corrected chi connectivity index (χ1v) is 7.89. The number of hydrogen-bond acceptors (Lipinski definition) is 5. The van der Waals surface area contributed by atoms with Crippen LogP contribution in [0.4, 0.5) is 0 Å². The van der Waals surface area contributed by atoms with E-state index in [2.05, 4.69) is 0 Å². The molecule has 0 aromatic rings. The third kappa shape index (κ3) is 2.95. The highest BCUT2D eigenvalue weighted by molar-refractivity contribution is 6.04. The van der Waals surface area contributed by atoms with E-state index in [1.165, 1.54) is 0 Å². The Morgan fingerprint density at radius 1 is 1.00 bits per heavy atom. The molecule has 0 atom stereocenters. The van der Waals surface area contributed by atoms with Gasteiger partial charge in [-0.15, -0.1) is 0 Å². The van der Waals surface area contributed by atoms with Crippen LogP contribution in [-0.4, -0.2) is 84.3 Å². The van der Waals surface area contributed by atoms with Crippen molar-refractivity contribution in [2.75, 3.05) is 45.9 Å². The van der Waals surface area contributed by atoms with Crippen molar-refractivity contribution in [1.82, 2.24) is 14.7 Å². The average Bonchev–Trinajstić information content (AvgIpc) is 2.84. The van der Waals surface area contributed by atoms with Gasteiger partial charge in [-0.3, -0.25) is 24.1 Å². The van der Waals surface area contributed by atoms with E-state index >= 15 is 0 Å². The number of amides is 4. The summed E-state index contributed by atoms with van der Waals surface area (Å²) >= 11 is 0. The van der Waals surface area contributed by atoms with Crippen molar-refractivity contribution in [2.45, 2.75) is 19.8 Å². The Balaban J connectivity index is 1.50. The highest BCUT2D eigenvalue weighted by atomic mass is 16.5. The van der Waals surface area contributed by atoms with E-state index in [4.69, 9.17) is 4.74 Å². The van der Waals surface area contributed by atoms with Gasteiger partial charge in [0.25, 0.3) is 0 Å². The lowest BCUT2D eigenvalue weighted by molar-refractivity contribution is -0.171. The Morgan fingerprint density at radius 3 is 2.00 bits per heavy atom. The molecule has 4 amide bonds. The first-order valence-electron chi connectivity index (χ1n) is 7.89. The van der Waals surface area contributed by atoms with Crippen LogP contribution < -0.4 is 0 Å². The molecular weight excluding hydrogens is 302 g/mol. The monoisotopic (exact) mass is 323 g/mol. The molecule has 126 valence electrons. The quantitative estimate of drug-likeness (QED) is 0.612. The molecule has 23 heavy (non-hydrogen) atoms. The van der Waals surface area contributed by atoms with Gasteiger partial charge in [0.2, 0.25) is 23.6 Å². The van der Waals surface area contributed by atoms with Crippen molar-refractivity contribution in [2.24, 2.45) is 5.41 Å². The molecule has 0 saturated carbocycles. The van der Waals surface area contributed by atoms with E-state index in [1.54, 1.807) is 9.80 Å². The molecule has 0 spiro atoms. The van der Waals surface area contributed by atoms with Crippen LogP contribution in [0.3, 0.4) is 0 Å². The summed E-state index contributed by atoms with van der Waals surface area (Å²) in [6.07, 6.45) is 0.379. The largest absolute Gasteiger partial charge is 0.379 e. The number of carbonyl (C=O) groups excluding carboxylic acids is 4. The molecule has 8 heteroatoms. The molecule has 3 heterocycles. The first kappa shape index (κ1) is 15.9. The van der Waals surface area contributed by atoms with Crippen LogP contribution in [-0.2, 0) is 23.9 Å². The average molecular weight is 323 g/mol. The van der Waals surface area contributed by atoms with Crippen molar-refractivity contribution in [3.63, 3.8) is 0 Å². The summed E-state index contributed by atoms with van der Waals surface area (Å²) in [4.78, 5) is 52.2. The van der Waals surface area contributed by atoms with E-state index in [0.717, 1.165) is 4.90 Å². The zero-order valence-corrected chi connectivity index (χ0v) is 13.2. The Bertz CT molecular complexity index is 533. The molecule has 3 fully saturated rings. The van der Waals surface area contributed by atoms with Gasteiger partial charge in [-0.2, -0.15) is 0 Å². The zero-order valence-electron chi connectivity index (χ0n) is 13.2. The smallest absolute Gasteiger partial charge is 0.242 e. The van der Waals surface area contributed by atoms with Crippen LogP contribution in [0.15, 0.2) is 0 Å². The molecule has 3 aliphatic heterocycles. The minimum atomic E-state index is -0.430. The van der Waals surface area contributed by atoms with Crippen molar-refractivity contribution in [1.29, 1.82) is 0 Å². The van der Waals surface area contributed by atoms with E-state index in [0.29, 0.717) is 39.4 Å². The van der Waals surface area contributed by atoms with Crippen LogP contribution in [0.5, 0.6) is 0 Å². The van der Waals surface area contributed by atoms with Gasteiger partial charge < -0.3 is 14.5 Å². The Morgan fingerprint density at radius 2 is 1.52 bits per heavy atom. The first-order chi connectivity index (χ1) is 10.9. The Labute approximate surface area is 134 Å². The highest BCUT2D eigenvalue weighted by Crippen LogP contribution is 2.29. The van der Waals surface area contributed by atoms with Gasteiger partial charge in [-0.05, 0) is 6.92 Å². The van der Waals surface area contributed by atoms with Crippen LogP contribution in [0.2, 0.25) is 0 Å². The number of hydrogen-bond donors (Lipinski definition) is 0. The van der Waals surface area contributed by atoms with Crippen LogP contribution >= 0.6 is 0 Å². The molecule has 0 aromatic carbocycles. The van der Waals surface area contributed by atoms with E-state index in [1.807, 2.05) is 6.92 Å². The molecule has 0 aliphatic carbocycles. The second-order valence-electron chi connectivity index (χ2n) is 6.60. The molecule has 0 unspecified atom stereocenters. The van der Waals surface area contributed by atoms with E-state index < -0.39 is 5.41 Å². The van der Waals surface area contributed by atoms with Gasteiger partial charge >= 0.3 is 0 Å². The number of ether oxygens (including phenoxy) is 1. The number of nitrogens with zero attached hydrogens (tertiary/aromatic N) is 3. The third-order valence-corrected chi connectivity index (χ3v) is 4.73. The number of likely N-dealkylation sites (tertiary alicyclic amines) is 1. The molecule has 3 saturated heterocycles. The Kier molecular flexibility index (Phi) is 4.09. The maximum Gasteiger partial charge on any atom is 0.242 e. The fraction of sp³-hybridized carbons (Fsp3) is 0.733. The summed E-state index contributed by atoms with van der Waals surface area (Å²) in [5.41, 5.74) is -0.430. The minimum absolute atomic E-state index is 0.0701. The standard InChI is InChI=1S/C15H21N3O5/c1-15(9-23-10-15)14(22)17-6-4-16(5-7-17)13(21)8-18-11(19)2-3-12(18)20/h2-10H2,1H3. The lowest BCUT2D eigenvalue weighted by Gasteiger charge is -2.43. The predicted molar refractivity (Wildman–Crippen MR) is 78.0 cm³/mol. The summed E-state index contributed by atoms with van der Waals surface area (Å²) in [6.45, 7) is 4.41.